The third-order valence-corrected chi connectivity index (χ3v) is 3.79. The first-order valence-corrected chi connectivity index (χ1v) is 6.75. The monoisotopic (exact) mass is 329 g/mol. The van der Waals surface area contributed by atoms with Crippen molar-refractivity contribution in [3.63, 3.8) is 0 Å². The predicted molar refractivity (Wildman–Crippen MR) is 74.4 cm³/mol. The fourth-order valence-electron chi connectivity index (χ4n) is 1.47. The molecule has 0 aliphatic carbocycles. The lowest BCUT2D eigenvalue weighted by atomic mass is 10.1. The zero-order chi connectivity index (χ0) is 13.1. The van der Waals surface area contributed by atoms with Crippen molar-refractivity contribution in [1.29, 1.82) is 0 Å². The molecular formula is C12H13BrClN3O. The Labute approximate surface area is 119 Å². The van der Waals surface area contributed by atoms with Gasteiger partial charge in [-0.2, -0.15) is 4.98 Å². The van der Waals surface area contributed by atoms with Gasteiger partial charge in [-0.1, -0.05) is 23.7 Å². The van der Waals surface area contributed by atoms with Gasteiger partial charge in [0, 0.05) is 16.5 Å². The van der Waals surface area contributed by atoms with Gasteiger partial charge in [-0.05, 0) is 46.6 Å². The maximum absolute atomic E-state index is 5.94. The highest BCUT2D eigenvalue weighted by atomic mass is 79.9. The summed E-state index contributed by atoms with van der Waals surface area (Å²) in [6.07, 6.45) is 0.693. The number of nitrogens with zero attached hydrogens (tertiary/aromatic N) is 2. The average Bonchev–Trinajstić information content (AvgIpc) is 2.81. The van der Waals surface area contributed by atoms with Gasteiger partial charge in [-0.25, -0.2) is 0 Å². The van der Waals surface area contributed by atoms with Gasteiger partial charge in [0.25, 0.3) is 0 Å². The van der Waals surface area contributed by atoms with Crippen LogP contribution in [0.25, 0.3) is 11.4 Å². The van der Waals surface area contributed by atoms with Crippen LogP contribution in [0.1, 0.15) is 12.8 Å². The Morgan fingerprint density at radius 1 is 1.50 bits per heavy atom. The third-order valence-electron chi connectivity index (χ3n) is 2.57. The molecule has 1 aromatic carbocycles. The summed E-state index contributed by atoms with van der Waals surface area (Å²) < 4.78 is 6.01. The lowest BCUT2D eigenvalue weighted by molar-refractivity contribution is 0.360. The number of benzene rings is 1. The van der Waals surface area contributed by atoms with Crippen molar-refractivity contribution in [2.24, 2.45) is 11.7 Å². The average molecular weight is 331 g/mol. The Kier molecular flexibility index (Phi) is 4.37. The van der Waals surface area contributed by atoms with Gasteiger partial charge >= 0.3 is 0 Å². The number of rotatable bonds is 4. The molecule has 0 bridgehead atoms. The summed E-state index contributed by atoms with van der Waals surface area (Å²) in [5.41, 5.74) is 6.43. The Bertz CT molecular complexity index is 544. The lowest BCUT2D eigenvalue weighted by Crippen LogP contribution is -2.13. The van der Waals surface area contributed by atoms with Gasteiger partial charge in [-0.3, -0.25) is 0 Å². The van der Waals surface area contributed by atoms with Crippen molar-refractivity contribution in [2.45, 2.75) is 13.3 Å². The van der Waals surface area contributed by atoms with Crippen LogP contribution < -0.4 is 5.73 Å². The number of nitrogens with two attached hydrogens (primary N) is 1. The van der Waals surface area contributed by atoms with E-state index in [1.165, 1.54) is 0 Å². The Morgan fingerprint density at radius 3 is 2.94 bits per heavy atom. The molecule has 0 amide bonds. The molecule has 2 aromatic rings. The van der Waals surface area contributed by atoms with Crippen LogP contribution >= 0.6 is 27.5 Å². The number of hydrogen-bond donors (Lipinski definition) is 1. The minimum absolute atomic E-state index is 0.329. The molecule has 1 atom stereocenters. The molecule has 0 aliphatic heterocycles. The molecule has 0 saturated heterocycles. The lowest BCUT2D eigenvalue weighted by Gasteiger charge is -2.02. The maximum atomic E-state index is 5.94. The number of aromatic nitrogens is 2. The summed E-state index contributed by atoms with van der Waals surface area (Å²) >= 11 is 9.30. The van der Waals surface area contributed by atoms with Crippen LogP contribution in [0.2, 0.25) is 5.02 Å². The van der Waals surface area contributed by atoms with Gasteiger partial charge in [0.1, 0.15) is 0 Å². The van der Waals surface area contributed by atoms with Gasteiger partial charge in [0.2, 0.25) is 11.7 Å². The van der Waals surface area contributed by atoms with E-state index in [0.717, 1.165) is 10.0 Å². The fourth-order valence-corrected chi connectivity index (χ4v) is 1.97. The summed E-state index contributed by atoms with van der Waals surface area (Å²) in [6, 6.07) is 5.51. The van der Waals surface area contributed by atoms with Crippen molar-refractivity contribution < 1.29 is 4.52 Å². The van der Waals surface area contributed by atoms with E-state index < -0.39 is 0 Å². The van der Waals surface area contributed by atoms with Crippen LogP contribution in [-0.2, 0) is 6.42 Å². The van der Waals surface area contributed by atoms with Crippen LogP contribution in [0.5, 0.6) is 0 Å². The zero-order valence-corrected chi connectivity index (χ0v) is 12.2. The molecule has 1 aromatic heterocycles. The highest BCUT2D eigenvalue weighted by Gasteiger charge is 2.12. The van der Waals surface area contributed by atoms with Crippen LogP contribution in [0, 0.1) is 5.92 Å². The Balaban J connectivity index is 2.21. The first kappa shape index (κ1) is 13.5. The van der Waals surface area contributed by atoms with Gasteiger partial charge < -0.3 is 10.3 Å². The highest BCUT2D eigenvalue weighted by molar-refractivity contribution is 9.10. The second kappa shape index (κ2) is 5.82. The molecule has 2 N–H and O–H groups in total. The van der Waals surface area contributed by atoms with E-state index in [-0.39, 0.29) is 0 Å². The molecule has 1 unspecified atom stereocenters. The fraction of sp³-hybridized carbons (Fsp3) is 0.333. The first-order valence-electron chi connectivity index (χ1n) is 5.58. The van der Waals surface area contributed by atoms with Crippen molar-refractivity contribution in [1.82, 2.24) is 10.1 Å². The van der Waals surface area contributed by atoms with Crippen molar-refractivity contribution in [3.8, 4) is 11.4 Å². The van der Waals surface area contributed by atoms with Crippen LogP contribution in [0.3, 0.4) is 0 Å². The van der Waals surface area contributed by atoms with E-state index in [1.807, 2.05) is 19.1 Å². The molecule has 0 fully saturated rings. The predicted octanol–water partition coefficient (Wildman–Crippen LogP) is 3.29. The second-order valence-corrected chi connectivity index (χ2v) is 5.45. The molecule has 18 heavy (non-hydrogen) atoms. The molecule has 0 radical (unpaired) electrons. The van der Waals surface area contributed by atoms with Crippen molar-refractivity contribution in [3.05, 3.63) is 33.6 Å². The Hall–Kier alpha value is -0.910. The van der Waals surface area contributed by atoms with Crippen LogP contribution in [0.4, 0.5) is 0 Å². The largest absolute Gasteiger partial charge is 0.339 e. The third kappa shape index (κ3) is 3.10. The first-order chi connectivity index (χ1) is 8.60. The summed E-state index contributed by atoms with van der Waals surface area (Å²) in [5, 5.41) is 4.61. The van der Waals surface area contributed by atoms with Gasteiger partial charge in [0.15, 0.2) is 0 Å². The summed E-state index contributed by atoms with van der Waals surface area (Å²) in [6.45, 7) is 2.65. The topological polar surface area (TPSA) is 64.9 Å². The van der Waals surface area contributed by atoms with E-state index in [2.05, 4.69) is 26.1 Å². The summed E-state index contributed by atoms with van der Waals surface area (Å²) in [5.74, 6) is 1.50. The number of halogens is 2. The smallest absolute Gasteiger partial charge is 0.227 e. The standard InChI is InChI=1S/C12H13BrClN3O/c1-7(6-15)4-11-16-12(17-18-11)8-2-3-10(14)9(13)5-8/h2-3,5,7H,4,6,15H2,1H3. The SMILES string of the molecule is CC(CN)Cc1nc(-c2ccc(Cl)c(Br)c2)no1. The highest BCUT2D eigenvalue weighted by Crippen LogP contribution is 2.27. The molecule has 4 nitrogen and oxygen atoms in total. The van der Waals surface area contributed by atoms with Gasteiger partial charge in [0.05, 0.1) is 5.02 Å². The molecule has 2 rings (SSSR count). The number of hydrogen-bond acceptors (Lipinski definition) is 4. The minimum Gasteiger partial charge on any atom is -0.339 e. The minimum atomic E-state index is 0.329. The molecule has 0 spiro atoms. The van der Waals surface area contributed by atoms with Crippen molar-refractivity contribution >= 4 is 27.5 Å². The van der Waals surface area contributed by atoms with Crippen LogP contribution in [0.15, 0.2) is 27.2 Å². The zero-order valence-electron chi connectivity index (χ0n) is 9.86. The molecule has 96 valence electrons. The van der Waals surface area contributed by atoms with Crippen LogP contribution in [-0.4, -0.2) is 16.7 Å². The summed E-state index contributed by atoms with van der Waals surface area (Å²) in [4.78, 5) is 4.34. The summed E-state index contributed by atoms with van der Waals surface area (Å²) in [7, 11) is 0. The second-order valence-electron chi connectivity index (χ2n) is 4.19. The van der Waals surface area contributed by atoms with E-state index in [1.54, 1.807) is 6.07 Å². The van der Waals surface area contributed by atoms with E-state index in [0.29, 0.717) is 35.6 Å². The molecule has 1 heterocycles. The normalized spacial score (nSPS) is 12.7. The Morgan fingerprint density at radius 2 is 2.28 bits per heavy atom. The van der Waals surface area contributed by atoms with E-state index in [4.69, 9.17) is 21.9 Å². The van der Waals surface area contributed by atoms with Crippen molar-refractivity contribution in [2.75, 3.05) is 6.54 Å². The molecular weight excluding hydrogens is 318 g/mol. The van der Waals surface area contributed by atoms with E-state index >= 15 is 0 Å². The molecule has 0 saturated carbocycles. The maximum Gasteiger partial charge on any atom is 0.227 e. The quantitative estimate of drug-likeness (QED) is 0.934. The molecule has 6 heteroatoms. The molecule has 0 aliphatic rings. The van der Waals surface area contributed by atoms with Gasteiger partial charge in [-0.15, -0.1) is 0 Å². The van der Waals surface area contributed by atoms with E-state index in [9.17, 15) is 0 Å².